The Kier molecular flexibility index (Phi) is 6.48. The van der Waals surface area contributed by atoms with E-state index in [4.69, 9.17) is 4.98 Å². The number of rotatable bonds is 7. The van der Waals surface area contributed by atoms with E-state index in [-0.39, 0.29) is 18.1 Å². The van der Waals surface area contributed by atoms with E-state index < -0.39 is 0 Å². The molecule has 4 aromatic carbocycles. The van der Waals surface area contributed by atoms with Crippen molar-refractivity contribution in [2.75, 3.05) is 5.32 Å². The summed E-state index contributed by atoms with van der Waals surface area (Å²) in [5.74, 6) is 0.547. The molecule has 0 atom stereocenters. The van der Waals surface area contributed by atoms with Gasteiger partial charge in [0.25, 0.3) is 0 Å². The topological polar surface area (TPSA) is 75.1 Å². The largest absolute Gasteiger partial charge is 0.508 e. The Morgan fingerprint density at radius 3 is 2.31 bits per heavy atom. The Labute approximate surface area is 204 Å². The number of phenolic OH excluding ortho intramolecular Hbond substituents is 1. The smallest absolute Gasteiger partial charge is 0.229 e. The summed E-state index contributed by atoms with van der Waals surface area (Å²) >= 11 is 0. The molecule has 0 saturated heterocycles. The zero-order valence-corrected chi connectivity index (χ0v) is 19.2. The maximum atomic E-state index is 12.9. The second-order valence-corrected chi connectivity index (χ2v) is 8.49. The molecule has 172 valence electrons. The predicted octanol–water partition coefficient (Wildman–Crippen LogP) is 5.97. The van der Waals surface area contributed by atoms with Crippen LogP contribution < -0.4 is 5.32 Å². The quantitative estimate of drug-likeness (QED) is 0.314. The first-order valence-electron chi connectivity index (χ1n) is 11.6. The highest BCUT2D eigenvalue weighted by atomic mass is 16.3. The van der Waals surface area contributed by atoms with E-state index in [1.165, 1.54) is 5.56 Å². The molecular formula is C30H25N3O2. The molecule has 0 spiro atoms. The highest BCUT2D eigenvalue weighted by molar-refractivity contribution is 5.93. The molecule has 0 radical (unpaired) electrons. The number of nitrogens with zero attached hydrogens (tertiary/aromatic N) is 2. The fraction of sp³-hybridized carbons (Fsp3) is 0.100. The van der Waals surface area contributed by atoms with Gasteiger partial charge in [0.15, 0.2) is 5.82 Å². The van der Waals surface area contributed by atoms with Crippen molar-refractivity contribution in [3.8, 4) is 17.0 Å². The number of aryl methyl sites for hydroxylation is 2. The first-order chi connectivity index (χ1) is 17.1. The molecule has 0 fully saturated rings. The second-order valence-electron chi connectivity index (χ2n) is 8.49. The number of fused-ring (bicyclic) bond motifs is 1. The molecule has 5 nitrogen and oxygen atoms in total. The van der Waals surface area contributed by atoms with Gasteiger partial charge in [-0.05, 0) is 59.0 Å². The van der Waals surface area contributed by atoms with E-state index in [9.17, 15) is 9.90 Å². The standard InChI is InChI=1S/C30H25N3O2/c34-26-15-13-24(14-16-26)28-20-31-30(27(32-28)17-11-21-6-2-1-3-7-21)33-29(35)19-22-10-12-23-8-4-5-9-25(23)18-22/h1-10,12-16,18,20,34H,11,17,19H2,(H,31,33,35). The average Bonchev–Trinajstić information content (AvgIpc) is 2.89. The summed E-state index contributed by atoms with van der Waals surface area (Å²) in [5, 5.41) is 14.8. The van der Waals surface area contributed by atoms with Gasteiger partial charge in [-0.15, -0.1) is 0 Å². The normalized spacial score (nSPS) is 10.9. The lowest BCUT2D eigenvalue weighted by Crippen LogP contribution is -2.17. The van der Waals surface area contributed by atoms with Crippen LogP contribution in [0, 0.1) is 0 Å². The number of anilines is 1. The number of phenols is 1. The number of carbonyl (C=O) groups is 1. The zero-order chi connectivity index (χ0) is 24.0. The molecular weight excluding hydrogens is 434 g/mol. The van der Waals surface area contributed by atoms with Crippen molar-refractivity contribution in [1.82, 2.24) is 9.97 Å². The number of carbonyl (C=O) groups excluding carboxylic acids is 1. The van der Waals surface area contributed by atoms with Crippen molar-refractivity contribution in [1.29, 1.82) is 0 Å². The third-order valence-electron chi connectivity index (χ3n) is 5.94. The lowest BCUT2D eigenvalue weighted by atomic mass is 10.0. The molecule has 0 bridgehead atoms. The third kappa shape index (κ3) is 5.53. The monoisotopic (exact) mass is 459 g/mol. The van der Waals surface area contributed by atoms with E-state index in [1.807, 2.05) is 54.6 Å². The van der Waals surface area contributed by atoms with Gasteiger partial charge in [0.1, 0.15) is 5.75 Å². The van der Waals surface area contributed by atoms with Crippen LogP contribution in [0.5, 0.6) is 5.75 Å². The van der Waals surface area contributed by atoms with Crippen molar-refractivity contribution in [3.05, 3.63) is 120 Å². The number of benzene rings is 4. The van der Waals surface area contributed by atoms with Gasteiger partial charge < -0.3 is 10.4 Å². The van der Waals surface area contributed by atoms with Crippen molar-refractivity contribution >= 4 is 22.5 Å². The summed E-state index contributed by atoms with van der Waals surface area (Å²) in [4.78, 5) is 22.3. The maximum Gasteiger partial charge on any atom is 0.229 e. The lowest BCUT2D eigenvalue weighted by molar-refractivity contribution is -0.115. The Balaban J connectivity index is 1.38. The summed E-state index contributed by atoms with van der Waals surface area (Å²) in [7, 11) is 0. The van der Waals surface area contributed by atoms with Crippen molar-refractivity contribution < 1.29 is 9.90 Å². The van der Waals surface area contributed by atoms with Crippen LogP contribution in [0.1, 0.15) is 16.8 Å². The minimum Gasteiger partial charge on any atom is -0.508 e. The number of hydrogen-bond acceptors (Lipinski definition) is 4. The Hall–Kier alpha value is -4.51. The Morgan fingerprint density at radius 1 is 0.771 bits per heavy atom. The summed E-state index contributed by atoms with van der Waals surface area (Å²) in [6, 6.07) is 31.2. The number of amides is 1. The fourth-order valence-corrected chi connectivity index (χ4v) is 4.10. The minimum absolute atomic E-state index is 0.132. The summed E-state index contributed by atoms with van der Waals surface area (Å²) < 4.78 is 0. The van der Waals surface area contributed by atoms with Gasteiger partial charge in [-0.25, -0.2) is 9.97 Å². The zero-order valence-electron chi connectivity index (χ0n) is 19.2. The molecule has 2 N–H and O–H groups in total. The predicted molar refractivity (Wildman–Crippen MR) is 139 cm³/mol. The van der Waals surface area contributed by atoms with Crippen LogP contribution in [0.2, 0.25) is 0 Å². The molecule has 0 aliphatic rings. The van der Waals surface area contributed by atoms with Crippen LogP contribution in [0.25, 0.3) is 22.0 Å². The molecule has 0 unspecified atom stereocenters. The van der Waals surface area contributed by atoms with Crippen LogP contribution in [-0.2, 0) is 24.1 Å². The van der Waals surface area contributed by atoms with E-state index >= 15 is 0 Å². The molecule has 1 amide bonds. The van der Waals surface area contributed by atoms with Gasteiger partial charge in [0.2, 0.25) is 5.91 Å². The van der Waals surface area contributed by atoms with E-state index in [0.717, 1.165) is 34.0 Å². The number of aromatic hydroxyl groups is 1. The first-order valence-corrected chi connectivity index (χ1v) is 11.6. The molecule has 5 heteroatoms. The van der Waals surface area contributed by atoms with Crippen LogP contribution >= 0.6 is 0 Å². The highest BCUT2D eigenvalue weighted by Crippen LogP contribution is 2.23. The van der Waals surface area contributed by atoms with E-state index in [2.05, 4.69) is 28.5 Å². The SMILES string of the molecule is O=C(Cc1ccc2ccccc2c1)Nc1ncc(-c2ccc(O)cc2)nc1CCc1ccccc1. The third-order valence-corrected chi connectivity index (χ3v) is 5.94. The maximum absolute atomic E-state index is 12.9. The Morgan fingerprint density at radius 2 is 1.51 bits per heavy atom. The molecule has 0 saturated carbocycles. The number of nitrogens with one attached hydrogen (secondary N) is 1. The molecule has 0 aliphatic heterocycles. The molecule has 5 rings (SSSR count). The van der Waals surface area contributed by atoms with Gasteiger partial charge >= 0.3 is 0 Å². The van der Waals surface area contributed by atoms with Crippen LogP contribution in [0.4, 0.5) is 5.82 Å². The lowest BCUT2D eigenvalue weighted by Gasteiger charge is -2.12. The average molecular weight is 460 g/mol. The van der Waals surface area contributed by atoms with Gasteiger partial charge in [0.05, 0.1) is 24.0 Å². The first kappa shape index (κ1) is 22.3. The van der Waals surface area contributed by atoms with Crippen molar-refractivity contribution in [3.63, 3.8) is 0 Å². The molecule has 1 aromatic heterocycles. The molecule has 35 heavy (non-hydrogen) atoms. The van der Waals surface area contributed by atoms with E-state index in [1.54, 1.807) is 30.5 Å². The van der Waals surface area contributed by atoms with Crippen LogP contribution in [0.15, 0.2) is 103 Å². The minimum atomic E-state index is -0.132. The van der Waals surface area contributed by atoms with Crippen LogP contribution in [-0.4, -0.2) is 21.0 Å². The Bertz CT molecular complexity index is 1460. The molecule has 1 heterocycles. The second kappa shape index (κ2) is 10.2. The van der Waals surface area contributed by atoms with E-state index in [0.29, 0.717) is 17.9 Å². The van der Waals surface area contributed by atoms with Gasteiger partial charge in [-0.1, -0.05) is 72.8 Å². The van der Waals surface area contributed by atoms with Crippen molar-refractivity contribution in [2.24, 2.45) is 0 Å². The summed E-state index contributed by atoms with van der Waals surface area (Å²) in [6.07, 6.45) is 3.32. The summed E-state index contributed by atoms with van der Waals surface area (Å²) in [5.41, 5.74) is 4.41. The number of hydrogen-bond donors (Lipinski definition) is 2. The molecule has 0 aliphatic carbocycles. The molecule has 5 aromatic rings. The van der Waals surface area contributed by atoms with Gasteiger partial charge in [-0.2, -0.15) is 0 Å². The number of aromatic nitrogens is 2. The highest BCUT2D eigenvalue weighted by Gasteiger charge is 2.13. The van der Waals surface area contributed by atoms with Gasteiger partial charge in [0, 0.05) is 5.56 Å². The summed E-state index contributed by atoms with van der Waals surface area (Å²) in [6.45, 7) is 0. The fourth-order valence-electron chi connectivity index (χ4n) is 4.10. The van der Waals surface area contributed by atoms with Crippen LogP contribution in [0.3, 0.4) is 0 Å². The van der Waals surface area contributed by atoms with Crippen molar-refractivity contribution in [2.45, 2.75) is 19.3 Å². The van der Waals surface area contributed by atoms with Gasteiger partial charge in [-0.3, -0.25) is 4.79 Å².